The first-order valence-electron chi connectivity index (χ1n) is 10.8. The monoisotopic (exact) mass is 633 g/mol. The van der Waals surface area contributed by atoms with Crippen molar-refractivity contribution in [3.8, 4) is 0 Å². The van der Waals surface area contributed by atoms with Crippen LogP contribution in [0, 0.1) is 21.2 Å². The first-order chi connectivity index (χ1) is 17.0. The lowest BCUT2D eigenvalue weighted by molar-refractivity contribution is 0.0438. The molecule has 1 fully saturated rings. The minimum Gasteiger partial charge on any atom is -0.390 e. The number of aliphatic hydroxyl groups excluding tert-OH is 1. The van der Waals surface area contributed by atoms with Gasteiger partial charge in [-0.15, -0.1) is 0 Å². The first kappa shape index (κ1) is 26.7. The average molecular weight is 633 g/mol. The van der Waals surface area contributed by atoms with E-state index < -0.39 is 46.8 Å². The van der Waals surface area contributed by atoms with Crippen LogP contribution in [-0.2, 0) is 27.5 Å². The molecule has 3 N–H and O–H groups in total. The fourth-order valence-corrected chi connectivity index (χ4v) is 5.18. The zero-order chi connectivity index (χ0) is 26.0. The Morgan fingerprint density at radius 3 is 2.81 bits per heavy atom. The first-order valence-corrected chi connectivity index (χ1v) is 13.4. The van der Waals surface area contributed by atoms with E-state index in [0.717, 1.165) is 5.56 Å². The van der Waals surface area contributed by atoms with Gasteiger partial charge in [0.05, 0.1) is 30.5 Å². The van der Waals surface area contributed by atoms with Crippen molar-refractivity contribution in [2.45, 2.75) is 31.7 Å². The lowest BCUT2D eigenvalue weighted by Gasteiger charge is -2.15. The summed E-state index contributed by atoms with van der Waals surface area (Å²) < 4.78 is 56.9. The molecule has 2 aromatic heterocycles. The molecule has 2 heterocycles. The number of alkyl halides is 1. The van der Waals surface area contributed by atoms with Gasteiger partial charge in [-0.05, 0) is 65.1 Å². The number of rotatable bonds is 9. The molecular formula is C22H22F2IN5O5S. The number of nitrogens with two attached hydrogens (primary N) is 1. The summed E-state index contributed by atoms with van der Waals surface area (Å²) in [5.41, 5.74) is 1.36. The van der Waals surface area contributed by atoms with Gasteiger partial charge in [-0.1, -0.05) is 6.07 Å². The highest BCUT2D eigenvalue weighted by atomic mass is 127. The zero-order valence-corrected chi connectivity index (χ0v) is 21.6. The van der Waals surface area contributed by atoms with Gasteiger partial charge in [0, 0.05) is 21.9 Å². The van der Waals surface area contributed by atoms with Crippen molar-refractivity contribution < 1.29 is 31.3 Å². The van der Waals surface area contributed by atoms with Crippen LogP contribution in [0.1, 0.15) is 33.7 Å². The second-order valence-electron chi connectivity index (χ2n) is 8.53. The molecule has 14 heteroatoms. The van der Waals surface area contributed by atoms with Crippen molar-refractivity contribution in [1.82, 2.24) is 19.7 Å². The van der Waals surface area contributed by atoms with E-state index in [1.54, 1.807) is 23.0 Å². The molecule has 1 saturated carbocycles. The number of aromatic nitrogens is 4. The second kappa shape index (κ2) is 10.9. The predicted octanol–water partition coefficient (Wildman–Crippen LogP) is 1.79. The summed E-state index contributed by atoms with van der Waals surface area (Å²) in [6, 6.07) is 6.22. The third kappa shape index (κ3) is 6.29. The Morgan fingerprint density at radius 1 is 1.31 bits per heavy atom. The molecule has 1 aromatic carbocycles. The summed E-state index contributed by atoms with van der Waals surface area (Å²) in [5.74, 6) is -2.29. The number of carbonyl (C=O) groups is 1. The fourth-order valence-electron chi connectivity index (χ4n) is 4.23. The summed E-state index contributed by atoms with van der Waals surface area (Å²) in [7, 11) is -4.22. The van der Waals surface area contributed by atoms with E-state index in [9.17, 15) is 27.1 Å². The molecule has 0 unspecified atom stereocenters. The number of halogens is 3. The highest BCUT2D eigenvalue weighted by Crippen LogP contribution is 2.36. The van der Waals surface area contributed by atoms with Gasteiger partial charge < -0.3 is 5.11 Å². The van der Waals surface area contributed by atoms with E-state index in [1.165, 1.54) is 24.7 Å². The summed E-state index contributed by atoms with van der Waals surface area (Å²) in [6.07, 6.45) is 1.20. The van der Waals surface area contributed by atoms with Gasteiger partial charge in [0.25, 0.3) is 0 Å². The van der Waals surface area contributed by atoms with Gasteiger partial charge in [0.2, 0.25) is 5.78 Å². The Labute approximate surface area is 219 Å². The van der Waals surface area contributed by atoms with E-state index in [0.29, 0.717) is 10.1 Å². The van der Waals surface area contributed by atoms with Gasteiger partial charge in [-0.25, -0.2) is 23.9 Å². The molecule has 3 aromatic rings. The van der Waals surface area contributed by atoms with Gasteiger partial charge in [-0.3, -0.25) is 13.7 Å². The molecule has 1 aliphatic carbocycles. The van der Waals surface area contributed by atoms with E-state index in [-0.39, 0.29) is 35.6 Å². The normalized spacial score (nSPS) is 22.1. The Balaban J connectivity index is 1.47. The molecule has 0 bridgehead atoms. The fraction of sp³-hybridized carbons (Fsp3) is 0.364. The van der Waals surface area contributed by atoms with Crippen molar-refractivity contribution in [3.05, 3.63) is 74.9 Å². The quantitative estimate of drug-likeness (QED) is 0.268. The molecule has 192 valence electrons. The predicted molar refractivity (Wildman–Crippen MR) is 131 cm³/mol. The van der Waals surface area contributed by atoms with Crippen molar-refractivity contribution in [3.63, 3.8) is 0 Å². The molecule has 0 aliphatic heterocycles. The largest absolute Gasteiger partial charge is 0.390 e. The molecule has 36 heavy (non-hydrogen) atoms. The molecule has 1 aliphatic rings. The number of aliphatic hydroxyl groups is 1. The summed E-state index contributed by atoms with van der Waals surface area (Å²) in [5, 5.41) is 19.3. The van der Waals surface area contributed by atoms with Crippen molar-refractivity contribution >= 4 is 38.7 Å². The van der Waals surface area contributed by atoms with E-state index in [4.69, 9.17) is 5.14 Å². The topological polar surface area (TPSA) is 150 Å². The number of ketones is 1. The minimum absolute atomic E-state index is 0.0163. The molecule has 0 spiro atoms. The van der Waals surface area contributed by atoms with Gasteiger partial charge >= 0.3 is 10.3 Å². The highest BCUT2D eigenvalue weighted by Gasteiger charge is 2.43. The number of nitrogens with zero attached hydrogens (tertiary/aromatic N) is 4. The van der Waals surface area contributed by atoms with Crippen LogP contribution in [0.5, 0.6) is 0 Å². The summed E-state index contributed by atoms with van der Waals surface area (Å²) >= 11 is 1.90. The number of hydrogen-bond donors (Lipinski definition) is 2. The van der Waals surface area contributed by atoms with Crippen LogP contribution >= 0.6 is 22.6 Å². The van der Waals surface area contributed by atoms with Crippen LogP contribution in [0.15, 0.2) is 43.0 Å². The SMILES string of the molecule is NS(=O)(=O)OC[C@H]1C[C@@H](Cc2ncncc2C(=O)c2ccn(Cc3ccc(F)c(I)c3)n2)[C@@H](F)[C@@H]1O. The third-order valence-electron chi connectivity index (χ3n) is 6.01. The van der Waals surface area contributed by atoms with Crippen LogP contribution < -0.4 is 5.14 Å². The molecule has 0 amide bonds. The maximum Gasteiger partial charge on any atom is 0.333 e. The molecule has 4 rings (SSSR count). The zero-order valence-electron chi connectivity index (χ0n) is 18.7. The Kier molecular flexibility index (Phi) is 8.09. The Morgan fingerprint density at radius 2 is 2.08 bits per heavy atom. The van der Waals surface area contributed by atoms with Gasteiger partial charge in [0.15, 0.2) is 0 Å². The Hall–Kier alpha value is -2.40. The maximum atomic E-state index is 14.8. The van der Waals surface area contributed by atoms with Crippen molar-refractivity contribution in [1.29, 1.82) is 0 Å². The molecule has 0 saturated heterocycles. The number of benzene rings is 1. The molecule has 4 atom stereocenters. The average Bonchev–Trinajstić information content (AvgIpc) is 3.40. The smallest absolute Gasteiger partial charge is 0.333 e. The maximum absolute atomic E-state index is 14.8. The van der Waals surface area contributed by atoms with Crippen LogP contribution in [-0.4, -0.2) is 57.9 Å². The van der Waals surface area contributed by atoms with Crippen LogP contribution in [0.2, 0.25) is 0 Å². The molecular weight excluding hydrogens is 611 g/mol. The van der Waals surface area contributed by atoms with Crippen molar-refractivity contribution in [2.75, 3.05) is 6.61 Å². The summed E-state index contributed by atoms with van der Waals surface area (Å²) in [6.45, 7) is -0.121. The van der Waals surface area contributed by atoms with Crippen LogP contribution in [0.3, 0.4) is 0 Å². The number of carbonyl (C=O) groups excluding carboxylic acids is 1. The molecule has 10 nitrogen and oxygen atoms in total. The van der Waals surface area contributed by atoms with Gasteiger partial charge in [-0.2, -0.15) is 13.5 Å². The lowest BCUT2D eigenvalue weighted by Crippen LogP contribution is -2.29. The van der Waals surface area contributed by atoms with Crippen molar-refractivity contribution in [2.24, 2.45) is 17.0 Å². The summed E-state index contributed by atoms with van der Waals surface area (Å²) in [4.78, 5) is 21.2. The van der Waals surface area contributed by atoms with Crippen LogP contribution in [0.25, 0.3) is 0 Å². The van der Waals surface area contributed by atoms with Crippen LogP contribution in [0.4, 0.5) is 8.78 Å². The highest BCUT2D eigenvalue weighted by molar-refractivity contribution is 14.1. The standard InChI is InChI=1S/C22H22F2IN5O5S/c23-16-2-1-12(5-17(16)25)9-30-4-3-18(29-30)22(32)15-8-27-11-28-19(15)7-13-6-14(21(31)20(13)24)10-35-36(26,33)34/h1-5,8,11,13-14,20-21,31H,6-7,9-10H2,(H2,26,33,34)/t13-,14+,20+,21+/m0/s1. The molecule has 0 radical (unpaired) electrons. The van der Waals surface area contributed by atoms with E-state index >= 15 is 0 Å². The third-order valence-corrected chi connectivity index (χ3v) is 7.30. The van der Waals surface area contributed by atoms with E-state index in [2.05, 4.69) is 19.2 Å². The Bertz CT molecular complexity index is 1370. The second-order valence-corrected chi connectivity index (χ2v) is 10.9. The lowest BCUT2D eigenvalue weighted by atomic mass is 9.95. The van der Waals surface area contributed by atoms with Gasteiger partial charge in [0.1, 0.15) is 24.0 Å². The van der Waals surface area contributed by atoms with E-state index in [1.807, 2.05) is 22.6 Å². The number of hydrogen-bond acceptors (Lipinski definition) is 8. The minimum atomic E-state index is -4.22.